The first-order valence-corrected chi connectivity index (χ1v) is 11.5. The zero-order valence-corrected chi connectivity index (χ0v) is 19.3. The fourth-order valence-corrected chi connectivity index (χ4v) is 4.82. The molecule has 1 saturated heterocycles. The van der Waals surface area contributed by atoms with Crippen molar-refractivity contribution in [2.24, 2.45) is 0 Å². The molecule has 0 spiro atoms. The molecular formula is C28H32N2O3. The number of likely N-dealkylation sites (N-methyl/N-ethyl adjacent to an activating group) is 1. The Balaban J connectivity index is 1.73. The first-order chi connectivity index (χ1) is 15.9. The molecule has 1 aliphatic rings. The average molecular weight is 445 g/mol. The lowest BCUT2D eigenvalue weighted by Gasteiger charge is -2.39. The molecule has 5 heteroatoms. The van der Waals surface area contributed by atoms with Crippen LogP contribution in [0.1, 0.15) is 36.1 Å². The maximum atomic E-state index is 14.3. The summed E-state index contributed by atoms with van der Waals surface area (Å²) in [6.07, 6.45) is 0.413. The Bertz CT molecular complexity index is 1010. The molecule has 0 unspecified atom stereocenters. The SMILES string of the molecule is CN(C(=O)C(C)(c1ccccc1)c1ccccc1)[C@H](CN1CC[C@H](O)C1)c1ccc(O)cc1. The molecule has 3 aromatic carbocycles. The fourth-order valence-electron chi connectivity index (χ4n) is 4.82. The van der Waals surface area contributed by atoms with E-state index in [1.54, 1.807) is 12.1 Å². The maximum Gasteiger partial charge on any atom is 0.237 e. The first kappa shape index (κ1) is 23.0. The minimum absolute atomic E-state index is 0.00211. The Labute approximate surface area is 195 Å². The summed E-state index contributed by atoms with van der Waals surface area (Å²) >= 11 is 0. The number of phenols is 1. The number of nitrogens with zero attached hydrogens (tertiary/aromatic N) is 2. The molecule has 3 aromatic rings. The van der Waals surface area contributed by atoms with Gasteiger partial charge in [0, 0.05) is 26.7 Å². The number of benzene rings is 3. The lowest BCUT2D eigenvalue weighted by atomic mass is 9.74. The van der Waals surface area contributed by atoms with E-state index in [0.717, 1.165) is 29.7 Å². The number of likely N-dealkylation sites (tertiary alicyclic amines) is 1. The minimum Gasteiger partial charge on any atom is -0.508 e. The topological polar surface area (TPSA) is 64.0 Å². The molecule has 1 amide bonds. The molecule has 5 nitrogen and oxygen atoms in total. The van der Waals surface area contributed by atoms with Gasteiger partial charge in [-0.1, -0.05) is 72.8 Å². The van der Waals surface area contributed by atoms with Crippen LogP contribution in [0.5, 0.6) is 5.75 Å². The van der Waals surface area contributed by atoms with E-state index in [4.69, 9.17) is 0 Å². The summed E-state index contributed by atoms with van der Waals surface area (Å²) in [5.41, 5.74) is 1.97. The van der Waals surface area contributed by atoms with Gasteiger partial charge in [0.25, 0.3) is 0 Å². The van der Waals surface area contributed by atoms with E-state index in [-0.39, 0.29) is 23.8 Å². The van der Waals surface area contributed by atoms with Gasteiger partial charge >= 0.3 is 0 Å². The largest absolute Gasteiger partial charge is 0.508 e. The van der Waals surface area contributed by atoms with E-state index < -0.39 is 5.41 Å². The van der Waals surface area contributed by atoms with Crippen LogP contribution in [0.3, 0.4) is 0 Å². The third-order valence-corrected chi connectivity index (χ3v) is 6.87. The second-order valence-electron chi connectivity index (χ2n) is 9.08. The highest BCUT2D eigenvalue weighted by molar-refractivity contribution is 5.92. The van der Waals surface area contributed by atoms with Crippen LogP contribution < -0.4 is 0 Å². The Kier molecular flexibility index (Phi) is 6.82. The van der Waals surface area contributed by atoms with Crippen LogP contribution >= 0.6 is 0 Å². The summed E-state index contributed by atoms with van der Waals surface area (Å²) in [7, 11) is 1.86. The monoisotopic (exact) mass is 444 g/mol. The molecule has 0 aliphatic carbocycles. The highest BCUT2D eigenvalue weighted by Crippen LogP contribution is 2.36. The van der Waals surface area contributed by atoms with Gasteiger partial charge in [-0.25, -0.2) is 0 Å². The van der Waals surface area contributed by atoms with Crippen molar-refractivity contribution in [1.29, 1.82) is 0 Å². The number of hydrogen-bond acceptors (Lipinski definition) is 4. The van der Waals surface area contributed by atoms with Gasteiger partial charge in [0.2, 0.25) is 5.91 Å². The van der Waals surface area contributed by atoms with Gasteiger partial charge in [-0.2, -0.15) is 0 Å². The smallest absolute Gasteiger partial charge is 0.237 e. The van der Waals surface area contributed by atoms with Crippen molar-refractivity contribution >= 4 is 5.91 Å². The molecule has 33 heavy (non-hydrogen) atoms. The van der Waals surface area contributed by atoms with Crippen molar-refractivity contribution in [2.45, 2.75) is 30.9 Å². The van der Waals surface area contributed by atoms with Crippen molar-refractivity contribution in [3.8, 4) is 5.75 Å². The summed E-state index contributed by atoms with van der Waals surface area (Å²) < 4.78 is 0. The predicted octanol–water partition coefficient (Wildman–Crippen LogP) is 3.96. The molecule has 172 valence electrons. The summed E-state index contributed by atoms with van der Waals surface area (Å²) in [5, 5.41) is 19.8. The molecule has 1 fully saturated rings. The van der Waals surface area contributed by atoms with Gasteiger partial charge in [-0.3, -0.25) is 9.69 Å². The number of aliphatic hydroxyl groups excluding tert-OH is 1. The molecule has 2 atom stereocenters. The number of carbonyl (C=O) groups is 1. The van der Waals surface area contributed by atoms with E-state index in [0.29, 0.717) is 13.1 Å². The first-order valence-electron chi connectivity index (χ1n) is 11.5. The normalized spacial score (nSPS) is 17.6. The standard InChI is InChI=1S/C28H32N2O3/c1-28(22-9-5-3-6-10-22,23-11-7-4-8-12-23)27(33)29(2)26(20-30-18-17-25(32)19-30)21-13-15-24(31)16-14-21/h3-16,25-26,31-32H,17-20H2,1-2H3/t25-,26+/m0/s1. The lowest BCUT2D eigenvalue weighted by Crippen LogP contribution is -2.48. The number of aromatic hydroxyl groups is 1. The number of rotatable bonds is 7. The van der Waals surface area contributed by atoms with E-state index >= 15 is 0 Å². The summed E-state index contributed by atoms with van der Waals surface area (Å²) in [6.45, 7) is 4.01. The number of hydrogen-bond donors (Lipinski definition) is 2. The Hall–Kier alpha value is -3.15. The molecule has 1 aliphatic heterocycles. The minimum atomic E-state index is -0.864. The number of aliphatic hydroxyl groups is 1. The number of carbonyl (C=O) groups excluding carboxylic acids is 1. The number of β-amino-alcohol motifs (C(OH)–C–C–N with tert-alkyl or cyclic N) is 1. The number of amides is 1. The Morgan fingerprint density at radius 3 is 2.03 bits per heavy atom. The molecule has 2 N–H and O–H groups in total. The van der Waals surface area contributed by atoms with Crippen molar-refractivity contribution in [3.05, 3.63) is 102 Å². The van der Waals surface area contributed by atoms with Crippen molar-refractivity contribution in [1.82, 2.24) is 9.80 Å². The van der Waals surface area contributed by atoms with Gasteiger partial charge in [-0.15, -0.1) is 0 Å². The van der Waals surface area contributed by atoms with Crippen LogP contribution in [-0.4, -0.2) is 58.7 Å². The molecule has 0 aromatic heterocycles. The Morgan fingerprint density at radius 2 is 1.55 bits per heavy atom. The zero-order valence-electron chi connectivity index (χ0n) is 19.3. The Morgan fingerprint density at radius 1 is 1.00 bits per heavy atom. The van der Waals surface area contributed by atoms with Crippen molar-refractivity contribution in [3.63, 3.8) is 0 Å². The van der Waals surface area contributed by atoms with Crippen molar-refractivity contribution in [2.75, 3.05) is 26.7 Å². The molecule has 0 radical (unpaired) electrons. The van der Waals surface area contributed by atoms with Crippen LogP contribution in [0, 0.1) is 0 Å². The van der Waals surface area contributed by atoms with E-state index in [2.05, 4.69) is 4.90 Å². The molecular weight excluding hydrogens is 412 g/mol. The van der Waals surface area contributed by atoms with Gasteiger partial charge in [0.05, 0.1) is 17.6 Å². The molecule has 0 saturated carbocycles. The quantitative estimate of drug-likeness (QED) is 0.579. The number of phenolic OH excluding ortho intramolecular Hbond substituents is 1. The van der Waals surface area contributed by atoms with Gasteiger partial charge in [0.15, 0.2) is 0 Å². The summed E-state index contributed by atoms with van der Waals surface area (Å²) in [6, 6.07) is 26.6. The maximum absolute atomic E-state index is 14.3. The zero-order chi connectivity index (χ0) is 23.4. The predicted molar refractivity (Wildman–Crippen MR) is 130 cm³/mol. The third-order valence-electron chi connectivity index (χ3n) is 6.87. The molecule has 4 rings (SSSR count). The van der Waals surface area contributed by atoms with Gasteiger partial charge < -0.3 is 15.1 Å². The van der Waals surface area contributed by atoms with E-state index in [1.807, 2.05) is 91.7 Å². The van der Waals surface area contributed by atoms with Gasteiger partial charge in [-0.05, 0) is 42.2 Å². The van der Waals surface area contributed by atoms with Crippen molar-refractivity contribution < 1.29 is 15.0 Å². The highest BCUT2D eigenvalue weighted by Gasteiger charge is 2.41. The van der Waals surface area contributed by atoms with Gasteiger partial charge in [0.1, 0.15) is 5.75 Å². The van der Waals surface area contributed by atoms with E-state index in [9.17, 15) is 15.0 Å². The van der Waals surface area contributed by atoms with Crippen LogP contribution in [0.2, 0.25) is 0 Å². The van der Waals surface area contributed by atoms with Crippen LogP contribution in [0.15, 0.2) is 84.9 Å². The molecule has 0 bridgehead atoms. The third kappa shape index (κ3) is 4.80. The highest BCUT2D eigenvalue weighted by atomic mass is 16.3. The van der Waals surface area contributed by atoms with Crippen LogP contribution in [-0.2, 0) is 10.2 Å². The average Bonchev–Trinajstić information content (AvgIpc) is 3.27. The lowest BCUT2D eigenvalue weighted by molar-refractivity contribution is -0.136. The molecule has 1 heterocycles. The second kappa shape index (κ2) is 9.77. The van der Waals surface area contributed by atoms with Crippen LogP contribution in [0.4, 0.5) is 0 Å². The van der Waals surface area contributed by atoms with Crippen LogP contribution in [0.25, 0.3) is 0 Å². The summed E-state index contributed by atoms with van der Waals surface area (Å²) in [5.74, 6) is 0.194. The summed E-state index contributed by atoms with van der Waals surface area (Å²) in [4.78, 5) is 18.3. The van der Waals surface area contributed by atoms with E-state index in [1.165, 1.54) is 0 Å². The fraction of sp³-hybridized carbons (Fsp3) is 0.321. The second-order valence-corrected chi connectivity index (χ2v) is 9.08.